The van der Waals surface area contributed by atoms with E-state index in [1.54, 1.807) is 12.1 Å². The standard InChI is InChI=1S/C23H35N5O5S/c1-19(26-12-10-25(11-13-26)18-22(29)27-8-2-3-9-27)23(30)24-20-4-6-21(7-5-20)34(31,32)28-14-16-33-17-15-28/h4-7,19H,2-3,8-18H2,1H3,(H,24,30). The molecule has 4 rings (SSSR count). The van der Waals surface area contributed by atoms with Gasteiger partial charge in [0.05, 0.1) is 30.7 Å². The highest BCUT2D eigenvalue weighted by Gasteiger charge is 2.29. The Morgan fingerprint density at radius 1 is 0.941 bits per heavy atom. The number of ether oxygens (including phenoxy) is 1. The van der Waals surface area contributed by atoms with Crippen LogP contribution in [0, 0.1) is 0 Å². The SMILES string of the molecule is CC(C(=O)Nc1ccc(S(=O)(=O)N2CCOCC2)cc1)N1CCN(CC(=O)N2CCCC2)CC1. The number of nitrogens with one attached hydrogen (secondary N) is 1. The third-order valence-electron chi connectivity index (χ3n) is 6.88. The molecule has 0 aliphatic carbocycles. The van der Waals surface area contributed by atoms with Gasteiger partial charge in [-0.3, -0.25) is 19.4 Å². The third-order valence-corrected chi connectivity index (χ3v) is 8.79. The number of hydrogen-bond donors (Lipinski definition) is 1. The Bertz CT molecular complexity index is 950. The van der Waals surface area contributed by atoms with Crippen molar-refractivity contribution in [2.45, 2.75) is 30.7 Å². The monoisotopic (exact) mass is 493 g/mol. The molecule has 0 spiro atoms. The number of benzene rings is 1. The van der Waals surface area contributed by atoms with Crippen LogP contribution in [0.15, 0.2) is 29.2 Å². The molecule has 10 nitrogen and oxygen atoms in total. The number of anilines is 1. The Morgan fingerprint density at radius 2 is 1.56 bits per heavy atom. The van der Waals surface area contributed by atoms with E-state index in [9.17, 15) is 18.0 Å². The first kappa shape index (κ1) is 25.1. The van der Waals surface area contributed by atoms with E-state index in [2.05, 4.69) is 15.1 Å². The molecule has 1 unspecified atom stereocenters. The van der Waals surface area contributed by atoms with Crippen LogP contribution in [0.5, 0.6) is 0 Å². The summed E-state index contributed by atoms with van der Waals surface area (Å²) in [6.45, 7) is 8.50. The number of morpholine rings is 1. The Balaban J connectivity index is 1.25. The lowest BCUT2D eigenvalue weighted by molar-refractivity contribution is -0.132. The van der Waals surface area contributed by atoms with Crippen molar-refractivity contribution in [3.8, 4) is 0 Å². The molecular formula is C23H35N5O5S. The average molecular weight is 494 g/mol. The zero-order chi connectivity index (χ0) is 24.1. The normalized spacial score (nSPS) is 22.0. The van der Waals surface area contributed by atoms with Gasteiger partial charge in [-0.2, -0.15) is 4.31 Å². The molecule has 1 atom stereocenters. The van der Waals surface area contributed by atoms with Crippen molar-refractivity contribution < 1.29 is 22.7 Å². The van der Waals surface area contributed by atoms with Crippen LogP contribution in [0.3, 0.4) is 0 Å². The van der Waals surface area contributed by atoms with Gasteiger partial charge < -0.3 is 15.0 Å². The van der Waals surface area contributed by atoms with Crippen molar-refractivity contribution in [1.82, 2.24) is 19.0 Å². The number of nitrogens with zero attached hydrogens (tertiary/aromatic N) is 4. The minimum atomic E-state index is -3.56. The zero-order valence-corrected chi connectivity index (χ0v) is 20.6. The predicted molar refractivity (Wildman–Crippen MR) is 128 cm³/mol. The van der Waals surface area contributed by atoms with E-state index in [-0.39, 0.29) is 22.8 Å². The molecule has 3 aliphatic heterocycles. The fourth-order valence-electron chi connectivity index (χ4n) is 4.63. The van der Waals surface area contributed by atoms with Crippen LogP contribution < -0.4 is 5.32 Å². The number of piperazine rings is 1. The highest BCUT2D eigenvalue weighted by atomic mass is 32.2. The molecule has 34 heavy (non-hydrogen) atoms. The van der Waals surface area contributed by atoms with Gasteiger partial charge in [-0.05, 0) is 44.0 Å². The van der Waals surface area contributed by atoms with Gasteiger partial charge >= 0.3 is 0 Å². The summed E-state index contributed by atoms with van der Waals surface area (Å²) >= 11 is 0. The Hall–Kier alpha value is -2.05. The van der Waals surface area contributed by atoms with Crippen LogP contribution in [0.2, 0.25) is 0 Å². The molecule has 1 N–H and O–H groups in total. The fraction of sp³-hybridized carbons (Fsp3) is 0.652. The molecule has 0 aromatic heterocycles. The molecule has 188 valence electrons. The van der Waals surface area contributed by atoms with Crippen molar-refractivity contribution in [3.63, 3.8) is 0 Å². The van der Waals surface area contributed by atoms with Crippen molar-refractivity contribution in [1.29, 1.82) is 0 Å². The molecule has 3 saturated heterocycles. The van der Waals surface area contributed by atoms with Gasteiger partial charge in [0, 0.05) is 58.0 Å². The lowest BCUT2D eigenvalue weighted by Gasteiger charge is -2.37. The van der Waals surface area contributed by atoms with E-state index >= 15 is 0 Å². The van der Waals surface area contributed by atoms with Crippen LogP contribution in [-0.4, -0.2) is 117 Å². The zero-order valence-electron chi connectivity index (χ0n) is 19.8. The quantitative estimate of drug-likeness (QED) is 0.582. The molecule has 11 heteroatoms. The van der Waals surface area contributed by atoms with E-state index in [4.69, 9.17) is 4.74 Å². The second kappa shape index (κ2) is 11.1. The number of sulfonamides is 1. The molecule has 3 aliphatic rings. The number of carbonyl (C=O) groups excluding carboxylic acids is 2. The van der Waals surface area contributed by atoms with E-state index in [1.807, 2.05) is 11.8 Å². The molecule has 3 heterocycles. The van der Waals surface area contributed by atoms with Gasteiger partial charge in [0.15, 0.2) is 0 Å². The molecule has 0 bridgehead atoms. The van der Waals surface area contributed by atoms with Gasteiger partial charge in [-0.25, -0.2) is 8.42 Å². The first-order valence-electron chi connectivity index (χ1n) is 12.1. The van der Waals surface area contributed by atoms with Crippen molar-refractivity contribution in [3.05, 3.63) is 24.3 Å². The largest absolute Gasteiger partial charge is 0.379 e. The summed E-state index contributed by atoms with van der Waals surface area (Å²) in [5.41, 5.74) is 0.563. The Morgan fingerprint density at radius 3 is 2.18 bits per heavy atom. The van der Waals surface area contributed by atoms with Gasteiger partial charge in [0.25, 0.3) is 0 Å². The summed E-state index contributed by atoms with van der Waals surface area (Å²) in [4.78, 5) is 31.6. The summed E-state index contributed by atoms with van der Waals surface area (Å²) < 4.78 is 32.2. The highest BCUT2D eigenvalue weighted by Crippen LogP contribution is 2.20. The van der Waals surface area contributed by atoms with Crippen LogP contribution in [-0.2, 0) is 24.3 Å². The smallest absolute Gasteiger partial charge is 0.243 e. The third kappa shape index (κ3) is 5.95. The topological polar surface area (TPSA) is 102 Å². The van der Waals surface area contributed by atoms with Crippen LogP contribution >= 0.6 is 0 Å². The minimum Gasteiger partial charge on any atom is -0.379 e. The maximum atomic E-state index is 12.8. The summed E-state index contributed by atoms with van der Waals surface area (Å²) in [6, 6.07) is 5.98. The predicted octanol–water partition coefficient (Wildman–Crippen LogP) is 0.275. The van der Waals surface area contributed by atoms with Crippen LogP contribution in [0.25, 0.3) is 0 Å². The van der Waals surface area contributed by atoms with Gasteiger partial charge in [0.2, 0.25) is 21.8 Å². The summed E-state index contributed by atoms with van der Waals surface area (Å²) in [5.74, 6) is 0.0706. The van der Waals surface area contributed by atoms with Gasteiger partial charge in [0.1, 0.15) is 0 Å². The Labute approximate surface area is 201 Å². The number of amides is 2. The molecule has 0 saturated carbocycles. The Kier molecular flexibility index (Phi) is 8.20. The second-order valence-electron chi connectivity index (χ2n) is 9.11. The van der Waals surface area contributed by atoms with Gasteiger partial charge in [-0.1, -0.05) is 0 Å². The number of rotatable bonds is 7. The highest BCUT2D eigenvalue weighted by molar-refractivity contribution is 7.89. The molecule has 1 aromatic rings. The number of likely N-dealkylation sites (tertiary alicyclic amines) is 1. The van der Waals surface area contributed by atoms with Crippen molar-refractivity contribution in [2.75, 3.05) is 77.4 Å². The molecule has 3 fully saturated rings. The van der Waals surface area contributed by atoms with Gasteiger partial charge in [-0.15, -0.1) is 0 Å². The van der Waals surface area contributed by atoms with Crippen LogP contribution in [0.1, 0.15) is 19.8 Å². The molecule has 2 amide bonds. The number of carbonyl (C=O) groups is 2. The first-order valence-corrected chi connectivity index (χ1v) is 13.5. The van der Waals surface area contributed by atoms with Crippen LogP contribution in [0.4, 0.5) is 5.69 Å². The minimum absolute atomic E-state index is 0.134. The average Bonchev–Trinajstić information content (AvgIpc) is 3.40. The fourth-order valence-corrected chi connectivity index (χ4v) is 6.03. The maximum Gasteiger partial charge on any atom is 0.243 e. The second-order valence-corrected chi connectivity index (χ2v) is 11.0. The number of hydrogen-bond acceptors (Lipinski definition) is 7. The lowest BCUT2D eigenvalue weighted by atomic mass is 10.2. The summed E-state index contributed by atoms with van der Waals surface area (Å²) in [6.07, 6.45) is 2.19. The van der Waals surface area contributed by atoms with E-state index in [0.29, 0.717) is 38.5 Å². The van der Waals surface area contributed by atoms with Crippen molar-refractivity contribution in [2.24, 2.45) is 0 Å². The molecule has 1 aromatic carbocycles. The van der Waals surface area contributed by atoms with E-state index in [1.165, 1.54) is 16.4 Å². The molecular weight excluding hydrogens is 458 g/mol. The lowest BCUT2D eigenvalue weighted by Crippen LogP contribution is -2.54. The summed E-state index contributed by atoms with van der Waals surface area (Å²) in [5, 5.41) is 2.89. The van der Waals surface area contributed by atoms with E-state index in [0.717, 1.165) is 52.1 Å². The van der Waals surface area contributed by atoms with Crippen molar-refractivity contribution >= 4 is 27.5 Å². The summed E-state index contributed by atoms with van der Waals surface area (Å²) in [7, 11) is -3.56. The van der Waals surface area contributed by atoms with E-state index < -0.39 is 10.0 Å². The molecule has 0 radical (unpaired) electrons. The first-order chi connectivity index (χ1) is 16.3. The maximum absolute atomic E-state index is 12.8.